The largest absolute Gasteiger partial charge is 0.332 e. The molecule has 1 saturated heterocycles. The summed E-state index contributed by atoms with van der Waals surface area (Å²) < 4.78 is 1.95. The Morgan fingerprint density at radius 1 is 1.33 bits per heavy atom. The van der Waals surface area contributed by atoms with Crippen molar-refractivity contribution >= 4 is 42.1 Å². The van der Waals surface area contributed by atoms with Gasteiger partial charge in [0.15, 0.2) is 0 Å². The maximum atomic E-state index is 13.0. The van der Waals surface area contributed by atoms with Crippen molar-refractivity contribution < 1.29 is 4.79 Å². The zero-order valence-corrected chi connectivity index (χ0v) is 18.1. The van der Waals surface area contributed by atoms with Crippen LogP contribution in [0.15, 0.2) is 12.3 Å². The first-order valence-corrected chi connectivity index (χ1v) is 9.94. The second-order valence-electron chi connectivity index (χ2n) is 7.05. The quantitative estimate of drug-likeness (QED) is 0.806. The molecule has 1 amide bonds. The van der Waals surface area contributed by atoms with Gasteiger partial charge in [-0.25, -0.2) is 4.98 Å². The van der Waals surface area contributed by atoms with Crippen molar-refractivity contribution in [1.29, 1.82) is 0 Å². The first-order chi connectivity index (χ1) is 12.1. The molecule has 2 aromatic heterocycles. The molecule has 9 heteroatoms. The van der Waals surface area contributed by atoms with Gasteiger partial charge in [0, 0.05) is 19.8 Å². The van der Waals surface area contributed by atoms with E-state index in [1.165, 1.54) is 10.6 Å². The molecule has 1 N–H and O–H groups in total. The molecule has 1 aliphatic carbocycles. The molecule has 2 aromatic rings. The number of thiazole rings is 1. The van der Waals surface area contributed by atoms with E-state index >= 15 is 0 Å². The summed E-state index contributed by atoms with van der Waals surface area (Å²) in [5, 5.41) is 9.07. The molecule has 3 heterocycles. The van der Waals surface area contributed by atoms with E-state index in [0.29, 0.717) is 11.7 Å². The number of fused-ring (bicyclic) bond motifs is 1. The van der Waals surface area contributed by atoms with Crippen molar-refractivity contribution in [3.05, 3.63) is 33.5 Å². The van der Waals surface area contributed by atoms with E-state index in [0.717, 1.165) is 50.2 Å². The number of piperidine rings is 1. The van der Waals surface area contributed by atoms with Crippen LogP contribution in [0.4, 0.5) is 0 Å². The minimum absolute atomic E-state index is 0. The summed E-state index contributed by atoms with van der Waals surface area (Å²) in [7, 11) is 1.90. The Morgan fingerprint density at radius 3 is 2.89 bits per heavy atom. The number of nitrogens with one attached hydrogen (secondary N) is 1. The summed E-state index contributed by atoms with van der Waals surface area (Å²) in [6.45, 7) is 4.05. The van der Waals surface area contributed by atoms with Crippen LogP contribution in [0, 0.1) is 6.92 Å². The first kappa shape index (κ1) is 22.1. The third-order valence-corrected chi connectivity index (χ3v) is 6.40. The third kappa shape index (κ3) is 4.47. The molecule has 0 spiro atoms. The van der Waals surface area contributed by atoms with Crippen LogP contribution in [0.5, 0.6) is 0 Å². The van der Waals surface area contributed by atoms with E-state index < -0.39 is 0 Å². The zero-order chi connectivity index (χ0) is 17.4. The predicted octanol–water partition coefficient (Wildman–Crippen LogP) is 3.57. The van der Waals surface area contributed by atoms with E-state index in [2.05, 4.69) is 15.4 Å². The van der Waals surface area contributed by atoms with Gasteiger partial charge in [0.25, 0.3) is 5.91 Å². The van der Waals surface area contributed by atoms with E-state index in [9.17, 15) is 4.79 Å². The minimum Gasteiger partial charge on any atom is -0.332 e. The van der Waals surface area contributed by atoms with Crippen LogP contribution in [-0.2, 0) is 6.42 Å². The Kier molecular flexibility index (Phi) is 7.68. The number of aryl methyl sites for hydroxylation is 2. The molecule has 0 radical (unpaired) electrons. The average molecular weight is 432 g/mol. The van der Waals surface area contributed by atoms with Gasteiger partial charge in [-0.05, 0) is 51.6 Å². The maximum Gasteiger partial charge on any atom is 0.274 e. The van der Waals surface area contributed by atoms with Gasteiger partial charge in [-0.15, -0.1) is 36.2 Å². The van der Waals surface area contributed by atoms with E-state index in [1.54, 1.807) is 11.3 Å². The van der Waals surface area contributed by atoms with Crippen molar-refractivity contribution in [2.75, 3.05) is 20.1 Å². The second-order valence-corrected chi connectivity index (χ2v) is 8.28. The van der Waals surface area contributed by atoms with Gasteiger partial charge in [0.05, 0.1) is 27.7 Å². The van der Waals surface area contributed by atoms with Gasteiger partial charge >= 0.3 is 0 Å². The standard InChI is InChI=1S/C18H25N5OS.2ClH/c1-12-20-14-6-3-7-16(17(14)25-12)22(2)18(24)15-8-10-23(21-15)13-5-4-9-19-11-13;;/h8,10,13,16,19H,3-7,9,11H2,1-2H3;2*1H. The van der Waals surface area contributed by atoms with Crippen molar-refractivity contribution in [1.82, 2.24) is 25.0 Å². The van der Waals surface area contributed by atoms with Crippen LogP contribution in [-0.4, -0.2) is 45.7 Å². The lowest BCUT2D eigenvalue weighted by atomic mass is 9.97. The number of nitrogens with zero attached hydrogens (tertiary/aromatic N) is 4. The van der Waals surface area contributed by atoms with Gasteiger partial charge in [-0.1, -0.05) is 0 Å². The lowest BCUT2D eigenvalue weighted by molar-refractivity contribution is 0.0710. The minimum atomic E-state index is 0. The fourth-order valence-corrected chi connectivity index (χ4v) is 5.08. The number of hydrogen-bond donors (Lipinski definition) is 1. The Hall–Kier alpha value is -1.15. The molecule has 0 bridgehead atoms. The van der Waals surface area contributed by atoms with Gasteiger partial charge < -0.3 is 10.2 Å². The van der Waals surface area contributed by atoms with Crippen molar-refractivity contribution in [2.45, 2.75) is 51.1 Å². The Balaban J connectivity index is 0.00000131. The van der Waals surface area contributed by atoms with Gasteiger partial charge in [-0.2, -0.15) is 5.10 Å². The number of halogens is 2. The summed E-state index contributed by atoms with van der Waals surface area (Å²) in [5.74, 6) is 0.00595. The molecule has 1 aliphatic heterocycles. The van der Waals surface area contributed by atoms with E-state index in [1.807, 2.05) is 35.8 Å². The highest BCUT2D eigenvalue weighted by molar-refractivity contribution is 7.11. The Morgan fingerprint density at radius 2 is 2.15 bits per heavy atom. The normalized spacial score (nSPS) is 21.6. The Bertz CT molecular complexity index is 772. The van der Waals surface area contributed by atoms with Gasteiger partial charge in [-0.3, -0.25) is 9.48 Å². The van der Waals surface area contributed by atoms with E-state index in [4.69, 9.17) is 0 Å². The lowest BCUT2D eigenvalue weighted by Gasteiger charge is -2.30. The number of amides is 1. The van der Waals surface area contributed by atoms with Crippen LogP contribution in [0.25, 0.3) is 0 Å². The number of hydrogen-bond acceptors (Lipinski definition) is 5. The monoisotopic (exact) mass is 431 g/mol. The zero-order valence-electron chi connectivity index (χ0n) is 15.7. The van der Waals surface area contributed by atoms with Crippen LogP contribution in [0.2, 0.25) is 0 Å². The summed E-state index contributed by atoms with van der Waals surface area (Å²) in [6.07, 6.45) is 7.34. The highest BCUT2D eigenvalue weighted by atomic mass is 35.5. The summed E-state index contributed by atoms with van der Waals surface area (Å²) in [4.78, 5) is 20.7. The van der Waals surface area contributed by atoms with Crippen LogP contribution < -0.4 is 5.32 Å². The fraction of sp³-hybridized carbons (Fsp3) is 0.611. The molecule has 4 rings (SSSR count). The van der Waals surface area contributed by atoms with Crippen LogP contribution >= 0.6 is 36.2 Å². The maximum absolute atomic E-state index is 13.0. The van der Waals surface area contributed by atoms with Crippen molar-refractivity contribution in [3.8, 4) is 0 Å². The molecular formula is C18H27Cl2N5OS. The first-order valence-electron chi connectivity index (χ1n) is 9.12. The van der Waals surface area contributed by atoms with Crippen molar-refractivity contribution in [2.24, 2.45) is 0 Å². The molecule has 1 fully saturated rings. The Labute approximate surface area is 176 Å². The molecule has 2 atom stereocenters. The molecular weight excluding hydrogens is 405 g/mol. The summed E-state index contributed by atoms with van der Waals surface area (Å²) >= 11 is 1.73. The molecule has 2 aliphatic rings. The molecule has 150 valence electrons. The molecule has 2 unspecified atom stereocenters. The fourth-order valence-electron chi connectivity index (χ4n) is 3.93. The molecule has 0 aromatic carbocycles. The smallest absolute Gasteiger partial charge is 0.274 e. The summed E-state index contributed by atoms with van der Waals surface area (Å²) in [5.41, 5.74) is 1.72. The number of aromatic nitrogens is 3. The second kappa shape index (κ2) is 9.37. The molecule has 27 heavy (non-hydrogen) atoms. The number of carbonyl (C=O) groups excluding carboxylic acids is 1. The lowest BCUT2D eigenvalue weighted by Crippen LogP contribution is -2.34. The van der Waals surface area contributed by atoms with E-state index in [-0.39, 0.29) is 36.8 Å². The van der Waals surface area contributed by atoms with Crippen molar-refractivity contribution in [3.63, 3.8) is 0 Å². The highest BCUT2D eigenvalue weighted by Crippen LogP contribution is 2.37. The van der Waals surface area contributed by atoms with Crippen LogP contribution in [0.1, 0.15) is 63.8 Å². The van der Waals surface area contributed by atoms with Crippen LogP contribution in [0.3, 0.4) is 0 Å². The van der Waals surface area contributed by atoms with Gasteiger partial charge in [0.1, 0.15) is 5.69 Å². The topological polar surface area (TPSA) is 63.1 Å². The third-order valence-electron chi connectivity index (χ3n) is 5.29. The molecule has 0 saturated carbocycles. The highest BCUT2D eigenvalue weighted by Gasteiger charge is 2.31. The predicted molar refractivity (Wildman–Crippen MR) is 112 cm³/mol. The summed E-state index contributed by atoms with van der Waals surface area (Å²) in [6, 6.07) is 2.34. The number of carbonyl (C=O) groups is 1. The van der Waals surface area contributed by atoms with Gasteiger partial charge in [0.2, 0.25) is 0 Å². The molecule has 6 nitrogen and oxygen atoms in total. The average Bonchev–Trinajstić information content (AvgIpc) is 3.26. The SMILES string of the molecule is Cc1nc2c(s1)C(N(C)C(=O)c1ccn(C3CCCNC3)n1)CCC2.Cl.Cl. The number of rotatable bonds is 3.